The highest BCUT2D eigenvalue weighted by Crippen LogP contribution is 2.28. The molecule has 2 rings (SSSR count). The highest BCUT2D eigenvalue weighted by atomic mass is 14.9. The van der Waals surface area contributed by atoms with Crippen molar-refractivity contribution in [3.05, 3.63) is 29.8 Å². The smallest absolute Gasteiger partial charge is 0.0374 e. The van der Waals surface area contributed by atoms with Gasteiger partial charge in [0.2, 0.25) is 0 Å². The Labute approximate surface area is 92.9 Å². The number of anilines is 1. The monoisotopic (exact) mass is 203 g/mol. The molecule has 82 valence electrons. The first-order chi connectivity index (χ1) is 7.31. The first-order valence-corrected chi connectivity index (χ1v) is 6.15. The molecule has 0 aromatic heterocycles. The van der Waals surface area contributed by atoms with E-state index >= 15 is 0 Å². The third-order valence-electron chi connectivity index (χ3n) is 3.51. The zero-order chi connectivity index (χ0) is 10.7. The summed E-state index contributed by atoms with van der Waals surface area (Å²) in [6.45, 7) is 4.64. The summed E-state index contributed by atoms with van der Waals surface area (Å²) in [4.78, 5) is 0. The Morgan fingerprint density at radius 3 is 3.00 bits per heavy atom. The molecule has 2 unspecified atom stereocenters. The zero-order valence-corrected chi connectivity index (χ0v) is 9.79. The lowest BCUT2D eigenvalue weighted by molar-refractivity contribution is 0.418. The number of fused-ring (bicyclic) bond motifs is 1. The average Bonchev–Trinajstić information content (AvgIpc) is 2.29. The maximum Gasteiger partial charge on any atom is 0.0374 e. The summed E-state index contributed by atoms with van der Waals surface area (Å²) in [5.74, 6) is 0.795. The Hall–Kier alpha value is -0.980. The van der Waals surface area contributed by atoms with Gasteiger partial charge in [-0.05, 0) is 36.8 Å². The van der Waals surface area contributed by atoms with Crippen molar-refractivity contribution in [2.75, 3.05) is 5.32 Å². The molecule has 1 aromatic rings. The minimum Gasteiger partial charge on any atom is -0.382 e. The second kappa shape index (κ2) is 4.69. The Kier molecular flexibility index (Phi) is 3.30. The predicted octanol–water partition coefficient (Wildman–Crippen LogP) is 3.85. The number of benzene rings is 1. The van der Waals surface area contributed by atoms with Crippen molar-refractivity contribution in [1.82, 2.24) is 0 Å². The molecule has 15 heavy (non-hydrogen) atoms. The van der Waals surface area contributed by atoms with Gasteiger partial charge in [0.15, 0.2) is 0 Å². The minimum atomic E-state index is 0.680. The van der Waals surface area contributed by atoms with E-state index in [-0.39, 0.29) is 0 Å². The summed E-state index contributed by atoms with van der Waals surface area (Å²) in [7, 11) is 0. The van der Waals surface area contributed by atoms with E-state index in [9.17, 15) is 0 Å². The first kappa shape index (κ1) is 10.5. The number of hydrogen-bond acceptors (Lipinski definition) is 1. The van der Waals surface area contributed by atoms with E-state index in [1.165, 1.54) is 36.9 Å². The lowest BCUT2D eigenvalue weighted by atomic mass is 9.88. The standard InChI is InChI=1S/C14H21N/c1-3-6-11(2)13-10-9-12-7-4-5-8-14(12)15-13/h4-5,7-8,11,13,15H,3,6,9-10H2,1-2H3. The minimum absolute atomic E-state index is 0.680. The Balaban J connectivity index is 2.05. The second-order valence-electron chi connectivity index (χ2n) is 4.71. The lowest BCUT2D eigenvalue weighted by Crippen LogP contribution is -2.31. The maximum absolute atomic E-state index is 3.68. The number of hydrogen-bond donors (Lipinski definition) is 1. The van der Waals surface area contributed by atoms with Crippen LogP contribution in [0.3, 0.4) is 0 Å². The van der Waals surface area contributed by atoms with E-state index in [0.717, 1.165) is 5.92 Å². The van der Waals surface area contributed by atoms with Crippen LogP contribution >= 0.6 is 0 Å². The first-order valence-electron chi connectivity index (χ1n) is 6.15. The lowest BCUT2D eigenvalue weighted by Gasteiger charge is -2.31. The van der Waals surface area contributed by atoms with E-state index in [4.69, 9.17) is 0 Å². The van der Waals surface area contributed by atoms with Crippen molar-refractivity contribution in [3.8, 4) is 0 Å². The summed E-state index contributed by atoms with van der Waals surface area (Å²) in [5.41, 5.74) is 2.84. The fraction of sp³-hybridized carbons (Fsp3) is 0.571. The van der Waals surface area contributed by atoms with Crippen LogP contribution in [-0.4, -0.2) is 6.04 Å². The molecule has 1 heteroatoms. The number of para-hydroxylation sites is 1. The van der Waals surface area contributed by atoms with Crippen LogP contribution in [0.5, 0.6) is 0 Å². The molecule has 1 nitrogen and oxygen atoms in total. The summed E-state index contributed by atoms with van der Waals surface area (Å²) in [6.07, 6.45) is 5.15. The van der Waals surface area contributed by atoms with Gasteiger partial charge in [-0.15, -0.1) is 0 Å². The van der Waals surface area contributed by atoms with E-state index in [1.807, 2.05) is 0 Å². The molecule has 0 radical (unpaired) electrons. The molecule has 0 amide bonds. The van der Waals surface area contributed by atoms with Crippen molar-refractivity contribution in [2.45, 2.75) is 45.6 Å². The van der Waals surface area contributed by atoms with Crippen LogP contribution in [0.4, 0.5) is 5.69 Å². The molecular formula is C14H21N. The average molecular weight is 203 g/mol. The van der Waals surface area contributed by atoms with Crippen molar-refractivity contribution in [2.24, 2.45) is 5.92 Å². The third kappa shape index (κ3) is 2.34. The van der Waals surface area contributed by atoms with Crippen LogP contribution in [0, 0.1) is 5.92 Å². The topological polar surface area (TPSA) is 12.0 Å². The predicted molar refractivity (Wildman–Crippen MR) is 66.2 cm³/mol. The molecule has 0 bridgehead atoms. The van der Waals surface area contributed by atoms with Gasteiger partial charge < -0.3 is 5.32 Å². The van der Waals surface area contributed by atoms with Crippen LogP contribution in [-0.2, 0) is 6.42 Å². The number of nitrogens with one attached hydrogen (secondary N) is 1. The van der Waals surface area contributed by atoms with Gasteiger partial charge >= 0.3 is 0 Å². The summed E-state index contributed by atoms with van der Waals surface area (Å²) in [6, 6.07) is 9.39. The molecular weight excluding hydrogens is 182 g/mol. The van der Waals surface area contributed by atoms with Gasteiger partial charge in [0.1, 0.15) is 0 Å². The number of rotatable bonds is 3. The Morgan fingerprint density at radius 1 is 1.40 bits per heavy atom. The highest BCUT2D eigenvalue weighted by Gasteiger charge is 2.21. The molecule has 0 saturated carbocycles. The zero-order valence-electron chi connectivity index (χ0n) is 9.79. The number of aryl methyl sites for hydroxylation is 1. The maximum atomic E-state index is 3.68. The normalized spacial score (nSPS) is 21.6. The SMILES string of the molecule is CCCC(C)C1CCc2ccccc2N1. The molecule has 0 fully saturated rings. The Bertz CT molecular complexity index is 319. The van der Waals surface area contributed by atoms with Crippen molar-refractivity contribution in [1.29, 1.82) is 0 Å². The molecule has 0 aliphatic carbocycles. The van der Waals surface area contributed by atoms with Gasteiger partial charge in [-0.25, -0.2) is 0 Å². The highest BCUT2D eigenvalue weighted by molar-refractivity contribution is 5.53. The second-order valence-corrected chi connectivity index (χ2v) is 4.71. The van der Waals surface area contributed by atoms with Gasteiger partial charge in [-0.3, -0.25) is 0 Å². The van der Waals surface area contributed by atoms with E-state index < -0.39 is 0 Å². The van der Waals surface area contributed by atoms with Crippen LogP contribution in [0.15, 0.2) is 24.3 Å². The molecule has 1 aliphatic rings. The molecule has 1 aromatic carbocycles. The van der Waals surface area contributed by atoms with E-state index in [1.54, 1.807) is 0 Å². The van der Waals surface area contributed by atoms with Crippen LogP contribution in [0.2, 0.25) is 0 Å². The summed E-state index contributed by atoms with van der Waals surface area (Å²) < 4.78 is 0. The molecule has 2 atom stereocenters. The largest absolute Gasteiger partial charge is 0.382 e. The Morgan fingerprint density at radius 2 is 2.20 bits per heavy atom. The van der Waals surface area contributed by atoms with Gasteiger partial charge in [-0.1, -0.05) is 38.5 Å². The fourth-order valence-corrected chi connectivity index (χ4v) is 2.55. The molecule has 1 aliphatic heterocycles. The van der Waals surface area contributed by atoms with Crippen LogP contribution < -0.4 is 5.32 Å². The van der Waals surface area contributed by atoms with E-state index in [0.29, 0.717) is 6.04 Å². The van der Waals surface area contributed by atoms with Crippen molar-refractivity contribution in [3.63, 3.8) is 0 Å². The molecule has 0 spiro atoms. The van der Waals surface area contributed by atoms with Crippen molar-refractivity contribution < 1.29 is 0 Å². The van der Waals surface area contributed by atoms with E-state index in [2.05, 4.69) is 43.4 Å². The third-order valence-corrected chi connectivity index (χ3v) is 3.51. The van der Waals surface area contributed by atoms with Crippen LogP contribution in [0.25, 0.3) is 0 Å². The fourth-order valence-electron chi connectivity index (χ4n) is 2.55. The van der Waals surface area contributed by atoms with Gasteiger partial charge in [-0.2, -0.15) is 0 Å². The molecule has 1 N–H and O–H groups in total. The van der Waals surface area contributed by atoms with Gasteiger partial charge in [0.05, 0.1) is 0 Å². The summed E-state index contributed by atoms with van der Waals surface area (Å²) in [5, 5.41) is 3.68. The quantitative estimate of drug-likeness (QED) is 0.786. The summed E-state index contributed by atoms with van der Waals surface area (Å²) >= 11 is 0. The van der Waals surface area contributed by atoms with Crippen molar-refractivity contribution >= 4 is 5.69 Å². The van der Waals surface area contributed by atoms with Gasteiger partial charge in [0.25, 0.3) is 0 Å². The molecule has 0 saturated heterocycles. The van der Waals surface area contributed by atoms with Gasteiger partial charge in [0, 0.05) is 11.7 Å². The molecule has 1 heterocycles. The van der Waals surface area contributed by atoms with Crippen LogP contribution in [0.1, 0.15) is 38.7 Å².